The van der Waals surface area contributed by atoms with Crippen molar-refractivity contribution >= 4 is 44.1 Å². The van der Waals surface area contributed by atoms with E-state index in [1.807, 2.05) is 6.92 Å². The van der Waals surface area contributed by atoms with Crippen LogP contribution in [0.15, 0.2) is 11.5 Å². The second-order valence-electron chi connectivity index (χ2n) is 3.34. The summed E-state index contributed by atoms with van der Waals surface area (Å²) in [5.41, 5.74) is 2.46. The number of carboxylic acid groups (broad SMARTS) is 1. The Bertz CT molecular complexity index is 546. The molecule has 2 rings (SSSR count). The van der Waals surface area contributed by atoms with Crippen LogP contribution in [0.2, 0.25) is 0 Å². The maximum Gasteiger partial charge on any atom is 0.328 e. The number of carbonyl (C=O) groups is 1. The maximum atomic E-state index is 10.4. The molecule has 2 heterocycles. The average molecular weight is 238 g/mol. The Morgan fingerprint density at radius 1 is 1.47 bits per heavy atom. The van der Waals surface area contributed by atoms with Crippen LogP contribution in [0, 0.1) is 13.8 Å². The predicted molar refractivity (Wildman–Crippen MR) is 65.8 cm³/mol. The highest BCUT2D eigenvalue weighted by atomic mass is 32.2. The molecule has 2 aromatic rings. The zero-order chi connectivity index (χ0) is 11.0. The summed E-state index contributed by atoms with van der Waals surface area (Å²) in [4.78, 5) is 11.5. The normalized spacial score (nSPS) is 11.6. The van der Waals surface area contributed by atoms with E-state index in [1.165, 1.54) is 26.6 Å². The van der Waals surface area contributed by atoms with E-state index in [4.69, 9.17) is 5.11 Å². The van der Waals surface area contributed by atoms with Crippen LogP contribution in [0.3, 0.4) is 0 Å². The predicted octanol–water partition coefficient (Wildman–Crippen LogP) is 3.68. The van der Waals surface area contributed by atoms with Gasteiger partial charge in [0.1, 0.15) is 0 Å². The molecule has 1 N–H and O–H groups in total. The first-order chi connectivity index (χ1) is 7.09. The SMILES string of the molecule is Cc1csc2sc(C=CC(=O)O)c(C)c12. The first-order valence-corrected chi connectivity index (χ1v) is 6.17. The largest absolute Gasteiger partial charge is 0.478 e. The zero-order valence-corrected chi connectivity index (χ0v) is 10.0. The molecular weight excluding hydrogens is 228 g/mol. The van der Waals surface area contributed by atoms with Gasteiger partial charge in [0, 0.05) is 16.3 Å². The van der Waals surface area contributed by atoms with E-state index in [-0.39, 0.29) is 0 Å². The Labute approximate surface area is 95.5 Å². The lowest BCUT2D eigenvalue weighted by Gasteiger charge is -1.91. The van der Waals surface area contributed by atoms with E-state index in [2.05, 4.69) is 12.3 Å². The second-order valence-corrected chi connectivity index (χ2v) is 5.53. The highest BCUT2D eigenvalue weighted by molar-refractivity contribution is 7.38. The number of aliphatic carboxylic acids is 1. The quantitative estimate of drug-likeness (QED) is 0.810. The van der Waals surface area contributed by atoms with Crippen LogP contribution in [-0.2, 0) is 4.79 Å². The molecule has 0 radical (unpaired) electrons. The molecule has 0 aliphatic heterocycles. The molecule has 0 fully saturated rings. The lowest BCUT2D eigenvalue weighted by atomic mass is 10.1. The summed E-state index contributed by atoms with van der Waals surface area (Å²) in [5, 5.41) is 12.0. The van der Waals surface area contributed by atoms with Crippen molar-refractivity contribution in [2.45, 2.75) is 13.8 Å². The molecule has 0 saturated heterocycles. The van der Waals surface area contributed by atoms with Crippen LogP contribution in [0.5, 0.6) is 0 Å². The molecule has 2 nitrogen and oxygen atoms in total. The molecule has 0 aromatic carbocycles. The van der Waals surface area contributed by atoms with Gasteiger partial charge in [-0.25, -0.2) is 4.79 Å². The van der Waals surface area contributed by atoms with Crippen molar-refractivity contribution in [3.63, 3.8) is 0 Å². The van der Waals surface area contributed by atoms with Crippen LogP contribution in [0.4, 0.5) is 0 Å². The van der Waals surface area contributed by atoms with Crippen LogP contribution >= 0.6 is 22.7 Å². The molecule has 0 saturated carbocycles. The molecule has 15 heavy (non-hydrogen) atoms. The number of carboxylic acids is 1. The second kappa shape index (κ2) is 3.79. The fourth-order valence-electron chi connectivity index (χ4n) is 1.55. The van der Waals surface area contributed by atoms with Gasteiger partial charge in [-0.2, -0.15) is 0 Å². The molecule has 0 amide bonds. The first-order valence-electron chi connectivity index (χ1n) is 4.48. The van der Waals surface area contributed by atoms with Crippen molar-refractivity contribution in [1.82, 2.24) is 0 Å². The molecule has 0 aliphatic rings. The summed E-state index contributed by atoms with van der Waals surface area (Å²) in [6, 6.07) is 0. The number of thiophene rings is 2. The molecule has 0 bridgehead atoms. The Kier molecular flexibility index (Phi) is 2.63. The minimum Gasteiger partial charge on any atom is -0.478 e. The number of fused-ring (bicyclic) bond motifs is 1. The molecule has 78 valence electrons. The monoisotopic (exact) mass is 238 g/mol. The molecule has 0 spiro atoms. The number of hydrogen-bond acceptors (Lipinski definition) is 3. The third-order valence-electron chi connectivity index (χ3n) is 2.27. The van der Waals surface area contributed by atoms with E-state index in [9.17, 15) is 4.79 Å². The Hall–Kier alpha value is -1.13. The summed E-state index contributed by atoms with van der Waals surface area (Å²) in [6.07, 6.45) is 2.87. The van der Waals surface area contributed by atoms with Crippen molar-refractivity contribution < 1.29 is 9.90 Å². The minimum atomic E-state index is -0.900. The third kappa shape index (κ3) is 1.82. The molecule has 0 atom stereocenters. The third-order valence-corrected chi connectivity index (χ3v) is 4.75. The van der Waals surface area contributed by atoms with Crippen molar-refractivity contribution in [2.75, 3.05) is 0 Å². The Morgan fingerprint density at radius 2 is 2.20 bits per heavy atom. The standard InChI is InChI=1S/C11H10O2S2/c1-6-5-14-11-10(6)7(2)8(15-11)3-4-9(12)13/h3-5H,1-2H3,(H,12,13). The van der Waals surface area contributed by atoms with Gasteiger partial charge >= 0.3 is 5.97 Å². The highest BCUT2D eigenvalue weighted by Crippen LogP contribution is 2.38. The summed E-state index contributed by atoms with van der Waals surface area (Å²) in [5.74, 6) is -0.900. The van der Waals surface area contributed by atoms with E-state index in [1.54, 1.807) is 28.7 Å². The van der Waals surface area contributed by atoms with Crippen LogP contribution in [0.25, 0.3) is 15.5 Å². The lowest BCUT2D eigenvalue weighted by Crippen LogP contribution is -1.85. The first kappa shape index (κ1) is 10.4. The van der Waals surface area contributed by atoms with Crippen molar-refractivity contribution in [3.8, 4) is 0 Å². The average Bonchev–Trinajstić information content (AvgIpc) is 2.66. The highest BCUT2D eigenvalue weighted by Gasteiger charge is 2.10. The van der Waals surface area contributed by atoms with Crippen molar-refractivity contribution in [3.05, 3.63) is 27.5 Å². The van der Waals surface area contributed by atoms with Crippen LogP contribution in [-0.4, -0.2) is 11.1 Å². The fourth-order valence-corrected chi connectivity index (χ4v) is 4.00. The zero-order valence-electron chi connectivity index (χ0n) is 8.40. The molecular formula is C11H10O2S2. The number of rotatable bonds is 2. The molecule has 0 aliphatic carbocycles. The van der Waals surface area contributed by atoms with Gasteiger partial charge < -0.3 is 5.11 Å². The molecule has 2 aromatic heterocycles. The topological polar surface area (TPSA) is 37.3 Å². The summed E-state index contributed by atoms with van der Waals surface area (Å²) >= 11 is 3.38. The van der Waals surface area contributed by atoms with Gasteiger partial charge in [-0.1, -0.05) is 0 Å². The maximum absolute atomic E-state index is 10.4. The van der Waals surface area contributed by atoms with E-state index >= 15 is 0 Å². The van der Waals surface area contributed by atoms with Gasteiger partial charge in [0.2, 0.25) is 0 Å². The van der Waals surface area contributed by atoms with E-state index < -0.39 is 5.97 Å². The van der Waals surface area contributed by atoms with Crippen molar-refractivity contribution in [1.29, 1.82) is 0 Å². The van der Waals surface area contributed by atoms with Gasteiger partial charge in [0.15, 0.2) is 0 Å². The van der Waals surface area contributed by atoms with Crippen molar-refractivity contribution in [2.24, 2.45) is 0 Å². The minimum absolute atomic E-state index is 0.900. The lowest BCUT2D eigenvalue weighted by molar-refractivity contribution is -0.131. The smallest absolute Gasteiger partial charge is 0.328 e. The van der Waals surface area contributed by atoms with E-state index in [0.717, 1.165) is 4.88 Å². The number of hydrogen-bond donors (Lipinski definition) is 1. The summed E-state index contributed by atoms with van der Waals surface area (Å²) in [6.45, 7) is 4.13. The van der Waals surface area contributed by atoms with Gasteiger partial charge in [0.25, 0.3) is 0 Å². The van der Waals surface area contributed by atoms with E-state index in [0.29, 0.717) is 0 Å². The molecule has 4 heteroatoms. The Morgan fingerprint density at radius 3 is 2.80 bits per heavy atom. The van der Waals surface area contributed by atoms with Gasteiger partial charge in [0.05, 0.1) is 4.01 Å². The summed E-state index contributed by atoms with van der Waals surface area (Å²) in [7, 11) is 0. The van der Waals surface area contributed by atoms with Gasteiger partial charge in [-0.3, -0.25) is 0 Å². The summed E-state index contributed by atoms with van der Waals surface area (Å²) < 4.78 is 1.27. The number of aryl methyl sites for hydroxylation is 2. The van der Waals surface area contributed by atoms with Crippen LogP contribution < -0.4 is 0 Å². The Balaban J connectivity index is 2.54. The van der Waals surface area contributed by atoms with Crippen LogP contribution in [0.1, 0.15) is 16.0 Å². The van der Waals surface area contributed by atoms with Gasteiger partial charge in [-0.05, 0) is 36.4 Å². The fraction of sp³-hybridized carbons (Fsp3) is 0.182. The molecule has 0 unspecified atom stereocenters. The van der Waals surface area contributed by atoms with Gasteiger partial charge in [-0.15, -0.1) is 22.7 Å².